The maximum absolute atomic E-state index is 12.9. The first-order chi connectivity index (χ1) is 11.3. The van der Waals surface area contributed by atoms with Gasteiger partial charge in [0, 0.05) is 32.0 Å². The van der Waals surface area contributed by atoms with E-state index in [-0.39, 0.29) is 29.8 Å². The molecular formula is C19H31ClN2O3. The highest BCUT2D eigenvalue weighted by molar-refractivity contribution is 5.88. The van der Waals surface area contributed by atoms with E-state index in [1.807, 2.05) is 52.1 Å². The molecular weight excluding hydrogens is 340 g/mol. The topological polar surface area (TPSA) is 64.8 Å². The molecule has 0 heterocycles. The highest BCUT2D eigenvalue weighted by Crippen LogP contribution is 2.50. The van der Waals surface area contributed by atoms with Gasteiger partial charge in [-0.3, -0.25) is 4.79 Å². The quantitative estimate of drug-likeness (QED) is 0.801. The van der Waals surface area contributed by atoms with Gasteiger partial charge in [-0.2, -0.15) is 0 Å². The molecule has 1 aromatic carbocycles. The van der Waals surface area contributed by atoms with Crippen molar-refractivity contribution in [3.8, 4) is 5.75 Å². The molecule has 1 aliphatic rings. The van der Waals surface area contributed by atoms with Crippen molar-refractivity contribution >= 4 is 18.3 Å². The van der Waals surface area contributed by atoms with Gasteiger partial charge in [-0.1, -0.05) is 32.0 Å². The lowest BCUT2D eigenvalue weighted by atomic mass is 9.54. The number of rotatable bonds is 7. The molecule has 25 heavy (non-hydrogen) atoms. The maximum atomic E-state index is 12.9. The molecule has 1 aliphatic carbocycles. The molecule has 0 aliphatic heterocycles. The van der Waals surface area contributed by atoms with Gasteiger partial charge in [0.2, 0.25) is 5.91 Å². The number of nitrogens with zero attached hydrogens (tertiary/aromatic N) is 1. The summed E-state index contributed by atoms with van der Waals surface area (Å²) < 4.78 is 11.1. The van der Waals surface area contributed by atoms with Gasteiger partial charge in [0.05, 0.1) is 13.2 Å². The summed E-state index contributed by atoms with van der Waals surface area (Å²) in [4.78, 5) is 14.6. The van der Waals surface area contributed by atoms with Crippen LogP contribution in [0.2, 0.25) is 0 Å². The number of amides is 1. The van der Waals surface area contributed by atoms with Crippen molar-refractivity contribution in [1.82, 2.24) is 4.90 Å². The molecule has 1 aromatic rings. The zero-order valence-corrected chi connectivity index (χ0v) is 16.7. The van der Waals surface area contributed by atoms with Crippen molar-refractivity contribution in [2.45, 2.75) is 45.3 Å². The Morgan fingerprint density at radius 2 is 2.00 bits per heavy atom. The van der Waals surface area contributed by atoms with Crippen LogP contribution in [-0.2, 0) is 16.0 Å². The van der Waals surface area contributed by atoms with Crippen LogP contribution in [0.3, 0.4) is 0 Å². The van der Waals surface area contributed by atoms with Gasteiger partial charge in [-0.05, 0) is 25.0 Å². The second-order valence-electron chi connectivity index (χ2n) is 7.13. The normalized spacial score (nSPS) is 24.0. The summed E-state index contributed by atoms with van der Waals surface area (Å²) >= 11 is 0. The lowest BCUT2D eigenvalue weighted by Crippen LogP contribution is -2.75. The Bertz CT molecular complexity index is 594. The predicted molar refractivity (Wildman–Crippen MR) is 102 cm³/mol. The number of carbonyl (C=O) groups is 1. The van der Waals surface area contributed by atoms with Crippen LogP contribution < -0.4 is 10.5 Å². The van der Waals surface area contributed by atoms with Crippen LogP contribution in [0, 0.1) is 5.41 Å². The molecule has 0 aromatic heterocycles. The molecule has 2 unspecified atom stereocenters. The molecule has 1 saturated carbocycles. The Kier molecular flexibility index (Phi) is 7.29. The summed E-state index contributed by atoms with van der Waals surface area (Å²) in [5.41, 5.74) is 6.34. The summed E-state index contributed by atoms with van der Waals surface area (Å²) in [5.74, 6) is 0.833. The van der Waals surface area contributed by atoms with Crippen molar-refractivity contribution in [2.75, 3.05) is 27.3 Å². The molecule has 5 nitrogen and oxygen atoms in total. The Morgan fingerprint density at radius 3 is 2.56 bits per heavy atom. The largest absolute Gasteiger partial charge is 0.496 e. The highest BCUT2D eigenvalue weighted by Gasteiger charge is 2.63. The number of benzene rings is 1. The molecule has 142 valence electrons. The number of halogens is 1. The molecule has 0 saturated heterocycles. The molecule has 2 atom stereocenters. The molecule has 2 N–H and O–H groups in total. The number of ether oxygens (including phenoxy) is 2. The minimum absolute atomic E-state index is 0. The number of hydrogen-bond acceptors (Lipinski definition) is 4. The summed E-state index contributed by atoms with van der Waals surface area (Å²) in [5, 5.41) is 0. The molecule has 2 rings (SSSR count). The van der Waals surface area contributed by atoms with E-state index >= 15 is 0 Å². The number of hydrogen-bond donors (Lipinski definition) is 1. The van der Waals surface area contributed by atoms with Crippen molar-refractivity contribution < 1.29 is 14.3 Å². The van der Waals surface area contributed by atoms with Crippen molar-refractivity contribution in [2.24, 2.45) is 11.1 Å². The molecule has 1 fully saturated rings. The minimum Gasteiger partial charge on any atom is -0.496 e. The van der Waals surface area contributed by atoms with E-state index in [1.165, 1.54) is 0 Å². The van der Waals surface area contributed by atoms with E-state index in [9.17, 15) is 4.79 Å². The van der Waals surface area contributed by atoms with Gasteiger partial charge < -0.3 is 20.1 Å². The Hall–Kier alpha value is -1.30. The monoisotopic (exact) mass is 370 g/mol. The number of methoxy groups -OCH3 is 1. The third-order valence-electron chi connectivity index (χ3n) is 5.47. The number of carbonyl (C=O) groups excluding carboxylic acids is 1. The number of likely N-dealkylation sites (N-methyl/N-ethyl adjacent to an activating group) is 1. The minimum atomic E-state index is -0.859. The maximum Gasteiger partial charge on any atom is 0.243 e. The Morgan fingerprint density at radius 1 is 1.36 bits per heavy atom. The van der Waals surface area contributed by atoms with Crippen molar-refractivity contribution in [3.05, 3.63) is 29.8 Å². The summed E-state index contributed by atoms with van der Waals surface area (Å²) in [6, 6.07) is 7.87. The lowest BCUT2D eigenvalue weighted by molar-refractivity contribution is -0.178. The Balaban J connectivity index is 0.00000312. The van der Waals surface area contributed by atoms with Crippen LogP contribution in [0.1, 0.15) is 32.8 Å². The first-order valence-corrected chi connectivity index (χ1v) is 8.56. The van der Waals surface area contributed by atoms with Gasteiger partial charge in [0.15, 0.2) is 0 Å². The Labute approximate surface area is 157 Å². The van der Waals surface area contributed by atoms with Gasteiger partial charge in [-0.25, -0.2) is 0 Å². The molecule has 6 heteroatoms. The summed E-state index contributed by atoms with van der Waals surface area (Å²) in [6.07, 6.45) is 1.35. The molecule has 0 spiro atoms. The fourth-order valence-electron chi connectivity index (χ4n) is 3.44. The lowest BCUT2D eigenvalue weighted by Gasteiger charge is -2.58. The van der Waals surface area contributed by atoms with Crippen LogP contribution in [0.25, 0.3) is 0 Å². The molecule has 1 amide bonds. The fourth-order valence-corrected chi connectivity index (χ4v) is 3.44. The SMILES string of the molecule is CCOC1CC(N)(C(=O)N(C)CCc2ccccc2OC)C1(C)C.Cl. The summed E-state index contributed by atoms with van der Waals surface area (Å²) in [6.45, 7) is 7.24. The molecule has 0 radical (unpaired) electrons. The predicted octanol–water partition coefficient (Wildman–Crippen LogP) is 2.65. The second kappa shape index (κ2) is 8.39. The smallest absolute Gasteiger partial charge is 0.243 e. The van der Waals surface area contributed by atoms with Crippen molar-refractivity contribution in [3.63, 3.8) is 0 Å². The molecule has 0 bridgehead atoms. The van der Waals surface area contributed by atoms with Crippen LogP contribution in [0.15, 0.2) is 24.3 Å². The number of para-hydroxylation sites is 1. The van der Waals surface area contributed by atoms with Gasteiger partial charge >= 0.3 is 0 Å². The van der Waals surface area contributed by atoms with Gasteiger partial charge in [0.1, 0.15) is 11.3 Å². The summed E-state index contributed by atoms with van der Waals surface area (Å²) in [7, 11) is 3.48. The zero-order chi connectivity index (χ0) is 18.0. The van der Waals surface area contributed by atoms with E-state index < -0.39 is 5.54 Å². The average Bonchev–Trinajstić information content (AvgIpc) is 2.58. The third kappa shape index (κ3) is 3.94. The fraction of sp³-hybridized carbons (Fsp3) is 0.632. The average molecular weight is 371 g/mol. The van der Waals surface area contributed by atoms with E-state index in [2.05, 4.69) is 0 Å². The van der Waals surface area contributed by atoms with Crippen LogP contribution >= 0.6 is 12.4 Å². The standard InChI is InChI=1S/C19H30N2O3.ClH/c1-6-24-16-13-19(20,18(16,2)3)17(22)21(4)12-11-14-9-7-8-10-15(14)23-5;/h7-10,16H,6,11-13,20H2,1-5H3;1H. The van der Waals surface area contributed by atoms with Gasteiger partial charge in [-0.15, -0.1) is 12.4 Å². The number of nitrogens with two attached hydrogens (primary N) is 1. The third-order valence-corrected chi connectivity index (χ3v) is 5.47. The van der Waals surface area contributed by atoms with E-state index in [4.69, 9.17) is 15.2 Å². The van der Waals surface area contributed by atoms with Crippen molar-refractivity contribution in [1.29, 1.82) is 0 Å². The van der Waals surface area contributed by atoms with Crippen LogP contribution in [-0.4, -0.2) is 49.8 Å². The van der Waals surface area contributed by atoms with E-state index in [0.717, 1.165) is 17.7 Å². The first kappa shape index (κ1) is 21.7. The highest BCUT2D eigenvalue weighted by atomic mass is 35.5. The van der Waals surface area contributed by atoms with E-state index in [1.54, 1.807) is 12.0 Å². The van der Waals surface area contributed by atoms with Crippen LogP contribution in [0.5, 0.6) is 5.75 Å². The second-order valence-corrected chi connectivity index (χ2v) is 7.13. The van der Waals surface area contributed by atoms with Gasteiger partial charge in [0.25, 0.3) is 0 Å². The zero-order valence-electron chi connectivity index (χ0n) is 15.9. The van der Waals surface area contributed by atoms with E-state index in [0.29, 0.717) is 19.6 Å². The first-order valence-electron chi connectivity index (χ1n) is 8.56. The van der Waals surface area contributed by atoms with Crippen LogP contribution in [0.4, 0.5) is 0 Å².